The minimum Gasteiger partial charge on any atom is -0.358 e. The lowest BCUT2D eigenvalue weighted by molar-refractivity contribution is -0.119. The average molecular weight is 291 g/mol. The molecule has 106 valence electrons. The topological polar surface area (TPSA) is 63.2 Å². The summed E-state index contributed by atoms with van der Waals surface area (Å²) in [6, 6.07) is 13.2. The maximum Gasteiger partial charge on any atom is 0.237 e. The Balaban J connectivity index is 2.39. The van der Waals surface area contributed by atoms with Crippen LogP contribution in [-0.2, 0) is 20.4 Å². The van der Waals surface area contributed by atoms with E-state index in [1.165, 1.54) is 14.0 Å². The molecule has 2 aromatic carbocycles. The first-order valence-electron chi connectivity index (χ1n) is 6.35. The molecule has 0 aliphatic rings. The second kappa shape index (κ2) is 5.63. The Labute approximate surface area is 118 Å². The highest BCUT2D eigenvalue weighted by atomic mass is 32.2. The van der Waals surface area contributed by atoms with Crippen molar-refractivity contribution < 1.29 is 13.2 Å². The zero-order valence-corrected chi connectivity index (χ0v) is 12.3. The van der Waals surface area contributed by atoms with Crippen molar-refractivity contribution in [3.05, 3.63) is 48.0 Å². The maximum atomic E-state index is 12.3. The Morgan fingerprint density at radius 1 is 1.15 bits per heavy atom. The van der Waals surface area contributed by atoms with Gasteiger partial charge >= 0.3 is 0 Å². The van der Waals surface area contributed by atoms with Gasteiger partial charge in [0.2, 0.25) is 5.91 Å². The third-order valence-electron chi connectivity index (χ3n) is 3.39. The van der Waals surface area contributed by atoms with E-state index in [-0.39, 0.29) is 5.75 Å². The minimum atomic E-state index is -3.53. The highest BCUT2D eigenvalue weighted by Crippen LogP contribution is 2.21. The first-order valence-corrected chi connectivity index (χ1v) is 8.07. The van der Waals surface area contributed by atoms with Crippen molar-refractivity contribution in [3.63, 3.8) is 0 Å². The van der Waals surface area contributed by atoms with Crippen molar-refractivity contribution in [2.45, 2.75) is 17.9 Å². The van der Waals surface area contributed by atoms with Gasteiger partial charge in [-0.15, -0.1) is 0 Å². The lowest BCUT2D eigenvalue weighted by Gasteiger charge is -2.12. The number of hydrogen-bond donors (Lipinski definition) is 1. The summed E-state index contributed by atoms with van der Waals surface area (Å²) in [6.45, 7) is 1.42. The predicted octanol–water partition coefficient (Wildman–Crippen LogP) is 1.89. The zero-order valence-electron chi connectivity index (χ0n) is 11.5. The molecule has 0 unspecified atom stereocenters. The van der Waals surface area contributed by atoms with Gasteiger partial charge in [0.25, 0.3) is 0 Å². The molecule has 4 nitrogen and oxygen atoms in total. The lowest BCUT2D eigenvalue weighted by atomic mass is 10.1. The molecule has 20 heavy (non-hydrogen) atoms. The second-order valence-corrected chi connectivity index (χ2v) is 7.02. The van der Waals surface area contributed by atoms with Gasteiger partial charge in [0.15, 0.2) is 9.84 Å². The Hall–Kier alpha value is -1.88. The highest BCUT2D eigenvalue weighted by molar-refractivity contribution is 7.92. The number of hydrogen-bond acceptors (Lipinski definition) is 3. The number of carbonyl (C=O) groups is 1. The molecule has 0 heterocycles. The predicted molar refractivity (Wildman–Crippen MR) is 80.1 cm³/mol. The van der Waals surface area contributed by atoms with Crippen LogP contribution in [0.3, 0.4) is 0 Å². The molecular weight excluding hydrogens is 274 g/mol. The molecule has 0 aliphatic carbocycles. The van der Waals surface area contributed by atoms with Crippen molar-refractivity contribution in [1.82, 2.24) is 5.32 Å². The van der Waals surface area contributed by atoms with Crippen LogP contribution in [0.15, 0.2) is 42.5 Å². The quantitative estimate of drug-likeness (QED) is 0.935. The van der Waals surface area contributed by atoms with Gasteiger partial charge < -0.3 is 5.32 Å². The molecule has 0 saturated carbocycles. The van der Waals surface area contributed by atoms with E-state index in [9.17, 15) is 13.2 Å². The van der Waals surface area contributed by atoms with Gasteiger partial charge in [-0.1, -0.05) is 42.5 Å². The largest absolute Gasteiger partial charge is 0.358 e. The number of benzene rings is 2. The van der Waals surface area contributed by atoms with E-state index in [1.54, 1.807) is 6.07 Å². The van der Waals surface area contributed by atoms with E-state index < -0.39 is 21.0 Å². The lowest BCUT2D eigenvalue weighted by Crippen LogP contribution is -2.36. The van der Waals surface area contributed by atoms with Gasteiger partial charge in [-0.05, 0) is 23.3 Å². The van der Waals surface area contributed by atoms with Crippen LogP contribution in [-0.4, -0.2) is 26.6 Å². The van der Waals surface area contributed by atoms with Crippen LogP contribution in [0.4, 0.5) is 0 Å². The normalized spacial score (nSPS) is 13.1. The SMILES string of the molecule is CNC(=O)[C@@H](C)S(=O)(=O)Cc1cccc2ccccc12. The van der Waals surface area contributed by atoms with Crippen molar-refractivity contribution in [1.29, 1.82) is 0 Å². The molecule has 1 amide bonds. The monoisotopic (exact) mass is 291 g/mol. The highest BCUT2D eigenvalue weighted by Gasteiger charge is 2.27. The van der Waals surface area contributed by atoms with E-state index in [0.29, 0.717) is 0 Å². The summed E-state index contributed by atoms with van der Waals surface area (Å²) in [5.74, 6) is -0.617. The number of amides is 1. The third-order valence-corrected chi connectivity index (χ3v) is 5.40. The summed E-state index contributed by atoms with van der Waals surface area (Å²) in [4.78, 5) is 11.5. The molecule has 0 fully saturated rings. The van der Waals surface area contributed by atoms with Gasteiger partial charge in [0.05, 0.1) is 5.75 Å². The summed E-state index contributed by atoms with van der Waals surface area (Å²) >= 11 is 0. The van der Waals surface area contributed by atoms with Crippen molar-refractivity contribution in [3.8, 4) is 0 Å². The summed E-state index contributed by atoms with van der Waals surface area (Å²) < 4.78 is 24.6. The van der Waals surface area contributed by atoms with Gasteiger partial charge in [0.1, 0.15) is 5.25 Å². The fourth-order valence-electron chi connectivity index (χ4n) is 2.13. The van der Waals surface area contributed by atoms with Crippen molar-refractivity contribution >= 4 is 26.5 Å². The molecule has 2 rings (SSSR count). The van der Waals surface area contributed by atoms with Gasteiger partial charge in [-0.2, -0.15) is 0 Å². The fraction of sp³-hybridized carbons (Fsp3) is 0.267. The first-order chi connectivity index (χ1) is 9.45. The number of carbonyl (C=O) groups excluding carboxylic acids is 1. The van der Waals surface area contributed by atoms with Crippen LogP contribution in [0.25, 0.3) is 10.8 Å². The molecule has 2 aromatic rings. The second-order valence-electron chi connectivity index (χ2n) is 4.70. The van der Waals surface area contributed by atoms with Crippen LogP contribution >= 0.6 is 0 Å². The maximum absolute atomic E-state index is 12.3. The minimum absolute atomic E-state index is 0.136. The Kier molecular flexibility index (Phi) is 4.09. The van der Waals surface area contributed by atoms with Crippen LogP contribution in [0, 0.1) is 0 Å². The van der Waals surface area contributed by atoms with Gasteiger partial charge in [-0.3, -0.25) is 4.79 Å². The average Bonchev–Trinajstić information content (AvgIpc) is 2.45. The molecular formula is C15H17NO3S. The molecule has 0 aliphatic heterocycles. The molecule has 0 radical (unpaired) electrons. The van der Waals surface area contributed by atoms with E-state index in [4.69, 9.17) is 0 Å². The van der Waals surface area contributed by atoms with E-state index in [2.05, 4.69) is 5.32 Å². The first kappa shape index (κ1) is 14.5. The Morgan fingerprint density at radius 2 is 1.80 bits per heavy atom. The van der Waals surface area contributed by atoms with Gasteiger partial charge in [0, 0.05) is 7.05 Å². The van der Waals surface area contributed by atoms with Crippen LogP contribution in [0.5, 0.6) is 0 Å². The number of sulfone groups is 1. The van der Waals surface area contributed by atoms with Crippen molar-refractivity contribution in [2.24, 2.45) is 0 Å². The third kappa shape index (κ3) is 2.82. The number of rotatable bonds is 4. The fourth-order valence-corrected chi connectivity index (χ4v) is 3.51. The number of nitrogens with one attached hydrogen (secondary N) is 1. The molecule has 0 bridgehead atoms. The molecule has 5 heteroatoms. The summed E-state index contributed by atoms with van der Waals surface area (Å²) in [5, 5.41) is 3.22. The molecule has 1 atom stereocenters. The Morgan fingerprint density at radius 3 is 2.50 bits per heavy atom. The van der Waals surface area contributed by atoms with Crippen LogP contribution < -0.4 is 5.32 Å². The molecule has 0 aromatic heterocycles. The molecule has 0 saturated heterocycles. The van der Waals surface area contributed by atoms with Crippen LogP contribution in [0.2, 0.25) is 0 Å². The van der Waals surface area contributed by atoms with E-state index in [1.807, 2.05) is 36.4 Å². The summed E-state index contributed by atoms with van der Waals surface area (Å²) in [7, 11) is -2.09. The standard InChI is InChI=1S/C15H17NO3S/c1-11(15(17)16-2)20(18,19)10-13-8-5-7-12-6-3-4-9-14(12)13/h3-9,11H,10H2,1-2H3,(H,16,17)/t11-/m1/s1. The number of fused-ring (bicyclic) bond motifs is 1. The van der Waals surface area contributed by atoms with Crippen LogP contribution in [0.1, 0.15) is 12.5 Å². The van der Waals surface area contributed by atoms with Gasteiger partial charge in [-0.25, -0.2) is 8.42 Å². The van der Waals surface area contributed by atoms with E-state index in [0.717, 1.165) is 16.3 Å². The van der Waals surface area contributed by atoms with Crippen molar-refractivity contribution in [2.75, 3.05) is 7.05 Å². The smallest absolute Gasteiger partial charge is 0.237 e. The Bertz CT molecular complexity index is 732. The van der Waals surface area contributed by atoms with E-state index >= 15 is 0 Å². The summed E-state index contributed by atoms with van der Waals surface area (Å²) in [6.07, 6.45) is 0. The molecule has 1 N–H and O–H groups in total. The zero-order chi connectivity index (χ0) is 14.8. The summed E-state index contributed by atoms with van der Waals surface area (Å²) in [5.41, 5.74) is 0.721. The molecule has 0 spiro atoms.